The first-order valence-electron chi connectivity index (χ1n) is 5.13. The number of hydrogen-bond acceptors (Lipinski definition) is 0. The molecule has 0 N–H and O–H groups in total. The highest BCUT2D eigenvalue weighted by Gasteiger charge is 2.36. The molecule has 12 heavy (non-hydrogen) atoms. The molecule has 0 saturated carbocycles. The van der Waals surface area contributed by atoms with Gasteiger partial charge in [0.05, 0.1) is 7.85 Å². The predicted octanol–water partition coefficient (Wildman–Crippen LogP) is 3.82. The molecule has 0 aromatic heterocycles. The van der Waals surface area contributed by atoms with E-state index in [2.05, 4.69) is 34.6 Å². The topological polar surface area (TPSA) is 0 Å². The fourth-order valence-electron chi connectivity index (χ4n) is 1.87. The van der Waals surface area contributed by atoms with Crippen molar-refractivity contribution in [2.24, 2.45) is 10.8 Å². The summed E-state index contributed by atoms with van der Waals surface area (Å²) in [6, 6.07) is 0. The van der Waals surface area contributed by atoms with Crippen LogP contribution in [-0.2, 0) is 0 Å². The van der Waals surface area contributed by atoms with Gasteiger partial charge in [-0.2, -0.15) is 0 Å². The largest absolute Gasteiger partial charge is 0.0882 e. The summed E-state index contributed by atoms with van der Waals surface area (Å²) in [5.41, 5.74) is 0.831. The van der Waals surface area contributed by atoms with Crippen LogP contribution in [0.3, 0.4) is 0 Å². The maximum absolute atomic E-state index is 5.62. The van der Waals surface area contributed by atoms with Crippen molar-refractivity contribution in [1.29, 1.82) is 0 Å². The average Bonchev–Trinajstić information content (AvgIpc) is 2.02. The second-order valence-electron chi connectivity index (χ2n) is 4.69. The zero-order valence-corrected chi connectivity index (χ0v) is 9.41. The fourth-order valence-corrected chi connectivity index (χ4v) is 1.87. The monoisotopic (exact) mass is 166 g/mol. The van der Waals surface area contributed by atoms with E-state index in [0.29, 0.717) is 10.8 Å². The molecule has 0 saturated heterocycles. The van der Waals surface area contributed by atoms with E-state index in [1.807, 2.05) is 0 Å². The highest BCUT2D eigenvalue weighted by molar-refractivity contribution is 6.08. The van der Waals surface area contributed by atoms with Crippen LogP contribution in [-0.4, -0.2) is 7.85 Å². The third-order valence-electron chi connectivity index (χ3n) is 3.96. The molecule has 0 fully saturated rings. The van der Waals surface area contributed by atoms with E-state index in [1.165, 1.54) is 12.8 Å². The Morgan fingerprint density at radius 3 is 1.67 bits per heavy atom. The van der Waals surface area contributed by atoms with Crippen LogP contribution in [0.1, 0.15) is 53.9 Å². The molecule has 2 radical (unpaired) electrons. The van der Waals surface area contributed by atoms with Gasteiger partial charge in [0.2, 0.25) is 0 Å². The molecule has 1 heteroatoms. The third-order valence-corrected chi connectivity index (χ3v) is 3.96. The molecule has 0 aliphatic rings. The molecular weight excluding hydrogens is 143 g/mol. The molecule has 0 heterocycles. The minimum Gasteiger partial charge on any atom is -0.0882 e. The van der Waals surface area contributed by atoms with Crippen molar-refractivity contribution in [3.8, 4) is 0 Å². The van der Waals surface area contributed by atoms with Crippen molar-refractivity contribution in [3.05, 3.63) is 0 Å². The average molecular weight is 166 g/mol. The molecule has 0 rings (SSSR count). The third kappa shape index (κ3) is 2.28. The summed E-state index contributed by atoms with van der Waals surface area (Å²) in [7, 11) is 5.62. The van der Waals surface area contributed by atoms with E-state index < -0.39 is 0 Å². The van der Waals surface area contributed by atoms with E-state index in [0.717, 1.165) is 12.7 Å². The van der Waals surface area contributed by atoms with Gasteiger partial charge in [-0.1, -0.05) is 60.2 Å². The molecular formula is C11H23B. The molecule has 0 aliphatic heterocycles. The number of hydrogen-bond donors (Lipinski definition) is 0. The lowest BCUT2D eigenvalue weighted by Gasteiger charge is -2.44. The number of rotatable bonds is 5. The van der Waals surface area contributed by atoms with Crippen molar-refractivity contribution in [3.63, 3.8) is 0 Å². The predicted molar refractivity (Wildman–Crippen MR) is 57.6 cm³/mol. The maximum atomic E-state index is 5.62. The van der Waals surface area contributed by atoms with Gasteiger partial charge in [-0.3, -0.25) is 0 Å². The van der Waals surface area contributed by atoms with Crippen LogP contribution in [0, 0.1) is 10.8 Å². The standard InChI is InChI=1S/C11H23B/c1-6-11(5,7-2)10(3,4)8-9-12/h6-9H2,1-5H3. The van der Waals surface area contributed by atoms with Crippen LogP contribution in [0.2, 0.25) is 6.32 Å². The van der Waals surface area contributed by atoms with Crippen LogP contribution in [0.25, 0.3) is 0 Å². The van der Waals surface area contributed by atoms with Gasteiger partial charge in [0.25, 0.3) is 0 Å². The van der Waals surface area contributed by atoms with Crippen molar-refractivity contribution in [1.82, 2.24) is 0 Å². The smallest absolute Gasteiger partial charge is 0.0653 e. The highest BCUT2D eigenvalue weighted by atomic mass is 14.4. The summed E-state index contributed by atoms with van der Waals surface area (Å²) in [6.07, 6.45) is 4.43. The minimum atomic E-state index is 0.380. The molecule has 0 unspecified atom stereocenters. The Balaban J connectivity index is 4.46. The molecule has 0 atom stereocenters. The second-order valence-corrected chi connectivity index (χ2v) is 4.69. The molecule has 0 nitrogen and oxygen atoms in total. The first kappa shape index (κ1) is 12.1. The van der Waals surface area contributed by atoms with Gasteiger partial charge < -0.3 is 0 Å². The SMILES string of the molecule is [B]CCC(C)(C)C(C)(CC)CC. The molecule has 0 spiro atoms. The molecule has 70 valence electrons. The highest BCUT2D eigenvalue weighted by Crippen LogP contribution is 2.47. The summed E-state index contributed by atoms with van der Waals surface area (Å²) >= 11 is 0. The van der Waals surface area contributed by atoms with Gasteiger partial charge >= 0.3 is 0 Å². The summed E-state index contributed by atoms with van der Waals surface area (Å²) in [5.74, 6) is 0. The normalized spacial score (nSPS) is 13.4. The Bertz CT molecular complexity index is 123. The second kappa shape index (κ2) is 4.34. The molecule has 0 aromatic rings. The van der Waals surface area contributed by atoms with Crippen LogP contribution >= 0.6 is 0 Å². The lowest BCUT2D eigenvalue weighted by atomic mass is 9.61. The van der Waals surface area contributed by atoms with E-state index in [9.17, 15) is 0 Å². The van der Waals surface area contributed by atoms with E-state index >= 15 is 0 Å². The van der Waals surface area contributed by atoms with Crippen molar-refractivity contribution in [2.75, 3.05) is 0 Å². The Hall–Kier alpha value is 0.0649. The van der Waals surface area contributed by atoms with Gasteiger partial charge in [0, 0.05) is 0 Å². The Morgan fingerprint density at radius 2 is 1.42 bits per heavy atom. The lowest BCUT2D eigenvalue weighted by Crippen LogP contribution is -2.34. The first-order valence-corrected chi connectivity index (χ1v) is 5.13. The zero-order chi connectivity index (χ0) is 9.83. The maximum Gasteiger partial charge on any atom is 0.0653 e. The van der Waals surface area contributed by atoms with Crippen LogP contribution in [0.15, 0.2) is 0 Å². The van der Waals surface area contributed by atoms with Crippen molar-refractivity contribution >= 4 is 7.85 Å². The summed E-state index contributed by atoms with van der Waals surface area (Å²) in [4.78, 5) is 0. The summed E-state index contributed by atoms with van der Waals surface area (Å²) < 4.78 is 0. The van der Waals surface area contributed by atoms with E-state index in [-0.39, 0.29) is 0 Å². The summed E-state index contributed by atoms with van der Waals surface area (Å²) in [5, 5.41) is 0. The fraction of sp³-hybridized carbons (Fsp3) is 1.00. The summed E-state index contributed by atoms with van der Waals surface area (Å²) in [6.45, 7) is 11.6. The van der Waals surface area contributed by atoms with Crippen LogP contribution < -0.4 is 0 Å². The van der Waals surface area contributed by atoms with Gasteiger partial charge in [-0.15, -0.1) is 0 Å². The van der Waals surface area contributed by atoms with Gasteiger partial charge in [0.15, 0.2) is 0 Å². The van der Waals surface area contributed by atoms with Crippen LogP contribution in [0.4, 0.5) is 0 Å². The first-order chi connectivity index (χ1) is 5.43. The minimum absolute atomic E-state index is 0.380. The van der Waals surface area contributed by atoms with E-state index in [4.69, 9.17) is 7.85 Å². The molecule has 0 aliphatic carbocycles. The lowest BCUT2D eigenvalue weighted by molar-refractivity contribution is 0.0738. The Labute approximate surface area is 79.5 Å². The molecule has 0 aromatic carbocycles. The molecule has 0 amide bonds. The Morgan fingerprint density at radius 1 is 1.00 bits per heavy atom. The van der Waals surface area contributed by atoms with Gasteiger partial charge in [-0.25, -0.2) is 0 Å². The van der Waals surface area contributed by atoms with E-state index in [1.54, 1.807) is 0 Å². The van der Waals surface area contributed by atoms with Gasteiger partial charge in [-0.05, 0) is 10.8 Å². The van der Waals surface area contributed by atoms with Crippen molar-refractivity contribution in [2.45, 2.75) is 60.2 Å². The zero-order valence-electron chi connectivity index (χ0n) is 9.41. The quantitative estimate of drug-likeness (QED) is 0.544. The van der Waals surface area contributed by atoms with Crippen molar-refractivity contribution < 1.29 is 0 Å². The van der Waals surface area contributed by atoms with Gasteiger partial charge in [0.1, 0.15) is 0 Å². The Kier molecular flexibility index (Phi) is 4.37. The van der Waals surface area contributed by atoms with Crippen LogP contribution in [0.5, 0.6) is 0 Å². The molecule has 0 bridgehead atoms.